The van der Waals surface area contributed by atoms with E-state index in [0.29, 0.717) is 11.4 Å². The molecule has 2 aromatic carbocycles. The molecule has 1 unspecified atom stereocenters. The van der Waals surface area contributed by atoms with E-state index < -0.39 is 0 Å². The molecule has 0 spiro atoms. The minimum absolute atomic E-state index is 0.0200. The number of fused-ring (bicyclic) bond motifs is 1. The second kappa shape index (κ2) is 9.23. The fraction of sp³-hybridized carbons (Fsp3) is 0.333. The lowest BCUT2D eigenvalue weighted by Crippen LogP contribution is -2.52. The van der Waals surface area contributed by atoms with Crippen LogP contribution in [0.5, 0.6) is 5.75 Å². The van der Waals surface area contributed by atoms with Crippen molar-refractivity contribution in [3.63, 3.8) is 0 Å². The van der Waals surface area contributed by atoms with Crippen molar-refractivity contribution in [3.8, 4) is 5.75 Å². The van der Waals surface area contributed by atoms with Gasteiger partial charge in [0.15, 0.2) is 0 Å². The summed E-state index contributed by atoms with van der Waals surface area (Å²) < 4.78 is 5.23. The SMILES string of the molecule is COc1ccccc1NCC(=O)NNC(=O)C(C)N1CCc2ccccc2C1. The van der Waals surface area contributed by atoms with Crippen LogP contribution < -0.4 is 20.9 Å². The smallest absolute Gasteiger partial charge is 0.257 e. The molecule has 3 rings (SSSR count). The monoisotopic (exact) mass is 382 g/mol. The van der Waals surface area contributed by atoms with Gasteiger partial charge in [-0.25, -0.2) is 0 Å². The van der Waals surface area contributed by atoms with E-state index >= 15 is 0 Å². The van der Waals surface area contributed by atoms with Crippen molar-refractivity contribution in [1.29, 1.82) is 0 Å². The Hall–Kier alpha value is -3.06. The van der Waals surface area contributed by atoms with Gasteiger partial charge in [-0.05, 0) is 36.6 Å². The molecule has 0 saturated heterocycles. The number of hydrazine groups is 1. The number of methoxy groups -OCH3 is 1. The summed E-state index contributed by atoms with van der Waals surface area (Å²) in [4.78, 5) is 26.6. The van der Waals surface area contributed by atoms with E-state index in [1.54, 1.807) is 13.2 Å². The lowest BCUT2D eigenvalue weighted by Gasteiger charge is -2.32. The van der Waals surface area contributed by atoms with Gasteiger partial charge in [-0.15, -0.1) is 0 Å². The van der Waals surface area contributed by atoms with Crippen LogP contribution in [-0.2, 0) is 22.6 Å². The van der Waals surface area contributed by atoms with E-state index in [2.05, 4.69) is 33.2 Å². The molecule has 2 amide bonds. The maximum atomic E-state index is 12.4. The normalized spacial score (nSPS) is 14.5. The molecule has 1 aliphatic heterocycles. The molecule has 0 radical (unpaired) electrons. The van der Waals surface area contributed by atoms with Crippen LogP contribution in [0.1, 0.15) is 18.1 Å². The molecule has 0 fully saturated rings. The number of anilines is 1. The number of rotatable bonds is 6. The van der Waals surface area contributed by atoms with Gasteiger partial charge in [-0.1, -0.05) is 36.4 Å². The molecule has 0 aliphatic carbocycles. The topological polar surface area (TPSA) is 82.7 Å². The van der Waals surface area contributed by atoms with Gasteiger partial charge in [0.05, 0.1) is 25.4 Å². The van der Waals surface area contributed by atoms with Gasteiger partial charge in [-0.2, -0.15) is 0 Å². The van der Waals surface area contributed by atoms with E-state index in [4.69, 9.17) is 4.74 Å². The Labute approximate surface area is 165 Å². The average molecular weight is 382 g/mol. The second-order valence-corrected chi connectivity index (χ2v) is 6.76. The third-order valence-electron chi connectivity index (χ3n) is 4.96. The van der Waals surface area contributed by atoms with Gasteiger partial charge in [-0.3, -0.25) is 25.3 Å². The predicted octanol–water partition coefficient (Wildman–Crippen LogP) is 1.70. The third-order valence-corrected chi connectivity index (χ3v) is 4.96. The summed E-state index contributed by atoms with van der Waals surface area (Å²) in [5.74, 6) is 0.0822. The number of nitrogens with zero attached hydrogens (tertiary/aromatic N) is 1. The van der Waals surface area contributed by atoms with Gasteiger partial charge in [0, 0.05) is 13.1 Å². The number of ether oxygens (including phenoxy) is 1. The maximum Gasteiger partial charge on any atom is 0.257 e. The van der Waals surface area contributed by atoms with Crippen molar-refractivity contribution >= 4 is 17.5 Å². The highest BCUT2D eigenvalue weighted by Gasteiger charge is 2.25. The third kappa shape index (κ3) is 4.80. The van der Waals surface area contributed by atoms with Crippen LogP contribution >= 0.6 is 0 Å². The summed E-state index contributed by atoms with van der Waals surface area (Å²) in [5, 5.41) is 2.99. The molecule has 1 heterocycles. The second-order valence-electron chi connectivity index (χ2n) is 6.76. The first-order chi connectivity index (χ1) is 13.6. The molecule has 0 saturated carbocycles. The molecule has 0 aromatic heterocycles. The lowest BCUT2D eigenvalue weighted by molar-refractivity contribution is -0.131. The summed E-state index contributed by atoms with van der Waals surface area (Å²) in [5.41, 5.74) is 8.28. The van der Waals surface area contributed by atoms with E-state index in [0.717, 1.165) is 19.5 Å². The fourth-order valence-electron chi connectivity index (χ4n) is 3.26. The number of amides is 2. The predicted molar refractivity (Wildman–Crippen MR) is 108 cm³/mol. The molecule has 148 valence electrons. The minimum Gasteiger partial charge on any atom is -0.495 e. The summed E-state index contributed by atoms with van der Waals surface area (Å²) in [6.07, 6.45) is 0.920. The van der Waals surface area contributed by atoms with Crippen molar-refractivity contribution in [2.45, 2.75) is 25.9 Å². The highest BCUT2D eigenvalue weighted by Crippen LogP contribution is 2.22. The zero-order valence-corrected chi connectivity index (χ0v) is 16.2. The number of nitrogens with one attached hydrogen (secondary N) is 3. The van der Waals surface area contributed by atoms with Gasteiger partial charge in [0.1, 0.15) is 5.75 Å². The number of hydrogen-bond donors (Lipinski definition) is 3. The van der Waals surface area contributed by atoms with E-state index in [1.807, 2.05) is 37.3 Å². The van der Waals surface area contributed by atoms with Crippen molar-refractivity contribution < 1.29 is 14.3 Å². The molecule has 1 atom stereocenters. The number of carbonyl (C=O) groups is 2. The Balaban J connectivity index is 1.45. The first-order valence-electron chi connectivity index (χ1n) is 9.35. The molecular formula is C21H26N4O3. The Morgan fingerprint density at radius 2 is 1.79 bits per heavy atom. The average Bonchev–Trinajstić information content (AvgIpc) is 2.75. The maximum absolute atomic E-state index is 12.4. The van der Waals surface area contributed by atoms with Crippen molar-refractivity contribution in [3.05, 3.63) is 59.7 Å². The first-order valence-corrected chi connectivity index (χ1v) is 9.35. The van der Waals surface area contributed by atoms with Crippen molar-refractivity contribution in [2.75, 3.05) is 25.5 Å². The van der Waals surface area contributed by atoms with Crippen LogP contribution in [0, 0.1) is 0 Å². The van der Waals surface area contributed by atoms with E-state index in [-0.39, 0.29) is 24.4 Å². The Morgan fingerprint density at radius 3 is 2.57 bits per heavy atom. The quantitative estimate of drug-likeness (QED) is 0.663. The van der Waals surface area contributed by atoms with Crippen LogP contribution in [0.2, 0.25) is 0 Å². The molecule has 7 heteroatoms. The summed E-state index contributed by atoms with van der Waals surface area (Å²) in [6.45, 7) is 3.41. The van der Waals surface area contributed by atoms with Crippen LogP contribution in [0.15, 0.2) is 48.5 Å². The Morgan fingerprint density at radius 1 is 1.07 bits per heavy atom. The Kier molecular flexibility index (Phi) is 6.49. The Bertz CT molecular complexity index is 840. The number of para-hydroxylation sites is 2. The summed E-state index contributed by atoms with van der Waals surface area (Å²) >= 11 is 0. The van der Waals surface area contributed by atoms with Gasteiger partial charge in [0.2, 0.25) is 0 Å². The highest BCUT2D eigenvalue weighted by molar-refractivity contribution is 5.86. The molecule has 2 aromatic rings. The summed E-state index contributed by atoms with van der Waals surface area (Å²) in [6, 6.07) is 15.3. The molecule has 7 nitrogen and oxygen atoms in total. The van der Waals surface area contributed by atoms with Gasteiger partial charge < -0.3 is 10.1 Å². The van der Waals surface area contributed by atoms with Crippen LogP contribution in [0.3, 0.4) is 0 Å². The number of carbonyl (C=O) groups excluding carboxylic acids is 2. The number of hydrogen-bond acceptors (Lipinski definition) is 5. The van der Waals surface area contributed by atoms with Crippen molar-refractivity contribution in [1.82, 2.24) is 15.8 Å². The molecular weight excluding hydrogens is 356 g/mol. The highest BCUT2D eigenvalue weighted by atomic mass is 16.5. The van der Waals surface area contributed by atoms with Crippen molar-refractivity contribution in [2.24, 2.45) is 0 Å². The zero-order valence-electron chi connectivity index (χ0n) is 16.2. The van der Waals surface area contributed by atoms with Gasteiger partial charge in [0.25, 0.3) is 11.8 Å². The van der Waals surface area contributed by atoms with E-state index in [1.165, 1.54) is 11.1 Å². The molecule has 3 N–H and O–H groups in total. The first kappa shape index (κ1) is 19.7. The molecule has 28 heavy (non-hydrogen) atoms. The molecule has 1 aliphatic rings. The zero-order chi connectivity index (χ0) is 19.9. The lowest BCUT2D eigenvalue weighted by atomic mass is 9.99. The van der Waals surface area contributed by atoms with Crippen LogP contribution in [0.4, 0.5) is 5.69 Å². The fourth-order valence-corrected chi connectivity index (χ4v) is 3.26. The van der Waals surface area contributed by atoms with E-state index in [9.17, 15) is 9.59 Å². The number of benzene rings is 2. The van der Waals surface area contributed by atoms with Crippen LogP contribution in [-0.4, -0.2) is 43.0 Å². The summed E-state index contributed by atoms with van der Waals surface area (Å²) in [7, 11) is 1.57. The van der Waals surface area contributed by atoms with Gasteiger partial charge >= 0.3 is 0 Å². The largest absolute Gasteiger partial charge is 0.495 e. The molecule has 0 bridgehead atoms. The minimum atomic E-state index is -0.338. The standard InChI is InChI=1S/C21H26N4O3/c1-15(25-12-11-16-7-3-4-8-17(16)14-25)21(27)24-23-20(26)13-22-18-9-5-6-10-19(18)28-2/h3-10,15,22H,11-14H2,1-2H3,(H,23,26)(H,24,27). The van der Waals surface area contributed by atoms with Crippen LogP contribution in [0.25, 0.3) is 0 Å².